The third-order valence-electron chi connectivity index (χ3n) is 5.14. The van der Waals surface area contributed by atoms with Crippen LogP contribution in [0, 0.1) is 0 Å². The lowest BCUT2D eigenvalue weighted by Crippen LogP contribution is -2.32. The molecular formula is C19H28N4O2. The zero-order valence-electron chi connectivity index (χ0n) is 15.3. The summed E-state index contributed by atoms with van der Waals surface area (Å²) in [4.78, 5) is 16.8. The van der Waals surface area contributed by atoms with Gasteiger partial charge >= 0.3 is 0 Å². The fraction of sp³-hybridized carbons (Fsp3) is 0.526. The van der Waals surface area contributed by atoms with Crippen LogP contribution < -0.4 is 5.56 Å². The van der Waals surface area contributed by atoms with Crippen molar-refractivity contribution in [2.75, 3.05) is 27.2 Å². The lowest BCUT2D eigenvalue weighted by molar-refractivity contribution is 0.240. The van der Waals surface area contributed by atoms with Crippen molar-refractivity contribution in [3.05, 3.63) is 57.0 Å². The molecule has 0 saturated heterocycles. The molecule has 25 heavy (non-hydrogen) atoms. The Balaban J connectivity index is 1.72. The van der Waals surface area contributed by atoms with Crippen molar-refractivity contribution in [3.63, 3.8) is 0 Å². The van der Waals surface area contributed by atoms with E-state index < -0.39 is 0 Å². The molecule has 0 bridgehead atoms. The zero-order valence-corrected chi connectivity index (χ0v) is 15.3. The standard InChI is InChI=1S/C19H28N4O2/c1-14(21(2)3)16-6-4-5-15(11-16)12-22-8-7-17-18(13-22)20-23(9-10-24)19(17)25/h4-6,11,14,20,24H,7-10,12-13H2,1-3H3/t14-/m0/s1. The van der Waals surface area contributed by atoms with Crippen LogP contribution in [-0.2, 0) is 26.1 Å². The Morgan fingerprint density at radius 1 is 1.36 bits per heavy atom. The van der Waals surface area contributed by atoms with Crippen LogP contribution in [0.5, 0.6) is 0 Å². The molecule has 136 valence electrons. The van der Waals surface area contributed by atoms with Crippen molar-refractivity contribution in [1.82, 2.24) is 19.6 Å². The summed E-state index contributed by atoms with van der Waals surface area (Å²) in [5.74, 6) is 0. The molecule has 2 heterocycles. The van der Waals surface area contributed by atoms with Crippen LogP contribution in [0.25, 0.3) is 0 Å². The van der Waals surface area contributed by atoms with Crippen LogP contribution in [0.1, 0.15) is 35.3 Å². The highest BCUT2D eigenvalue weighted by molar-refractivity contribution is 5.26. The quantitative estimate of drug-likeness (QED) is 0.830. The van der Waals surface area contributed by atoms with Crippen molar-refractivity contribution in [2.45, 2.75) is 39.0 Å². The highest BCUT2D eigenvalue weighted by Gasteiger charge is 2.22. The summed E-state index contributed by atoms with van der Waals surface area (Å²) in [6.45, 7) is 5.01. The van der Waals surface area contributed by atoms with E-state index in [-0.39, 0.29) is 12.2 Å². The van der Waals surface area contributed by atoms with Crippen molar-refractivity contribution < 1.29 is 5.11 Å². The Hall–Kier alpha value is -1.89. The topological polar surface area (TPSA) is 64.5 Å². The van der Waals surface area contributed by atoms with Gasteiger partial charge in [-0.25, -0.2) is 0 Å². The lowest BCUT2D eigenvalue weighted by atomic mass is 10.0. The van der Waals surface area contributed by atoms with Crippen molar-refractivity contribution >= 4 is 0 Å². The van der Waals surface area contributed by atoms with Gasteiger partial charge in [-0.3, -0.25) is 19.5 Å². The number of aromatic nitrogens is 2. The van der Waals surface area contributed by atoms with Crippen molar-refractivity contribution in [2.24, 2.45) is 0 Å². The smallest absolute Gasteiger partial charge is 0.270 e. The summed E-state index contributed by atoms with van der Waals surface area (Å²) < 4.78 is 1.52. The maximum atomic E-state index is 12.2. The second kappa shape index (κ2) is 7.56. The summed E-state index contributed by atoms with van der Waals surface area (Å²) in [6.07, 6.45) is 0.761. The van der Waals surface area contributed by atoms with Crippen molar-refractivity contribution in [1.29, 1.82) is 0 Å². The van der Waals surface area contributed by atoms with Gasteiger partial charge in [-0.15, -0.1) is 0 Å². The minimum Gasteiger partial charge on any atom is -0.394 e. The van der Waals surface area contributed by atoms with E-state index in [0.717, 1.165) is 37.3 Å². The van der Waals surface area contributed by atoms with Crippen LogP contribution >= 0.6 is 0 Å². The molecule has 6 heteroatoms. The highest BCUT2D eigenvalue weighted by atomic mass is 16.3. The maximum absolute atomic E-state index is 12.2. The number of aliphatic hydroxyl groups is 1. The second-order valence-corrected chi connectivity index (χ2v) is 7.09. The monoisotopic (exact) mass is 344 g/mol. The molecule has 0 amide bonds. The molecule has 6 nitrogen and oxygen atoms in total. The van der Waals surface area contributed by atoms with E-state index in [4.69, 9.17) is 5.11 Å². The minimum absolute atomic E-state index is 0.0190. The molecule has 0 unspecified atom stereocenters. The molecule has 2 aromatic rings. The Morgan fingerprint density at radius 2 is 2.16 bits per heavy atom. The number of aromatic amines is 1. The fourth-order valence-corrected chi connectivity index (χ4v) is 3.43. The molecule has 1 aromatic heterocycles. The number of fused-ring (bicyclic) bond motifs is 1. The Kier molecular flexibility index (Phi) is 5.42. The first-order valence-electron chi connectivity index (χ1n) is 8.88. The number of hydrogen-bond donors (Lipinski definition) is 2. The SMILES string of the molecule is C[C@@H](c1cccc(CN2CCc3c([nH]n(CCO)c3=O)C2)c1)N(C)C. The Morgan fingerprint density at radius 3 is 2.88 bits per heavy atom. The number of H-pyrrole nitrogens is 1. The molecule has 0 saturated carbocycles. The van der Waals surface area contributed by atoms with Gasteiger partial charge in [-0.2, -0.15) is 0 Å². The summed E-state index contributed by atoms with van der Waals surface area (Å²) in [6, 6.07) is 9.13. The molecule has 1 aromatic carbocycles. The van der Waals surface area contributed by atoms with E-state index in [1.165, 1.54) is 15.8 Å². The summed E-state index contributed by atoms with van der Waals surface area (Å²) >= 11 is 0. The average molecular weight is 344 g/mol. The van der Waals surface area contributed by atoms with Gasteiger partial charge in [-0.1, -0.05) is 24.3 Å². The average Bonchev–Trinajstić information content (AvgIpc) is 2.90. The molecule has 0 aliphatic carbocycles. The van der Waals surface area contributed by atoms with Crippen LogP contribution in [0.15, 0.2) is 29.1 Å². The molecule has 0 radical (unpaired) electrons. The first kappa shape index (κ1) is 17.9. The van der Waals surface area contributed by atoms with Crippen LogP contribution in [0.2, 0.25) is 0 Å². The number of aliphatic hydroxyl groups excluding tert-OH is 1. The number of benzene rings is 1. The van der Waals surface area contributed by atoms with E-state index in [2.05, 4.69) is 60.2 Å². The molecular weight excluding hydrogens is 316 g/mol. The van der Waals surface area contributed by atoms with Crippen LogP contribution in [-0.4, -0.2) is 51.9 Å². The van der Waals surface area contributed by atoms with Gasteiger partial charge in [-0.05, 0) is 38.6 Å². The highest BCUT2D eigenvalue weighted by Crippen LogP contribution is 2.21. The maximum Gasteiger partial charge on any atom is 0.270 e. The van der Waals surface area contributed by atoms with E-state index in [0.29, 0.717) is 12.6 Å². The van der Waals surface area contributed by atoms with Gasteiger partial charge in [0.05, 0.1) is 18.8 Å². The largest absolute Gasteiger partial charge is 0.394 e. The summed E-state index contributed by atoms with van der Waals surface area (Å²) in [5, 5.41) is 12.2. The predicted octanol–water partition coefficient (Wildman–Crippen LogP) is 1.35. The zero-order chi connectivity index (χ0) is 18.0. The third-order valence-corrected chi connectivity index (χ3v) is 5.14. The van der Waals surface area contributed by atoms with Gasteiger partial charge in [0.2, 0.25) is 0 Å². The number of nitrogens with one attached hydrogen (secondary N) is 1. The van der Waals surface area contributed by atoms with Gasteiger partial charge in [0.25, 0.3) is 5.56 Å². The predicted molar refractivity (Wildman–Crippen MR) is 98.5 cm³/mol. The van der Waals surface area contributed by atoms with Gasteiger partial charge in [0, 0.05) is 31.2 Å². The lowest BCUT2D eigenvalue weighted by Gasteiger charge is -2.27. The van der Waals surface area contributed by atoms with E-state index >= 15 is 0 Å². The molecule has 3 rings (SSSR count). The van der Waals surface area contributed by atoms with Gasteiger partial charge in [0.15, 0.2) is 0 Å². The molecule has 1 aliphatic heterocycles. The fourth-order valence-electron chi connectivity index (χ4n) is 3.43. The van der Waals surface area contributed by atoms with E-state index in [1.807, 2.05) is 0 Å². The second-order valence-electron chi connectivity index (χ2n) is 7.09. The Labute approximate surface area is 148 Å². The van der Waals surface area contributed by atoms with E-state index in [1.54, 1.807) is 0 Å². The third kappa shape index (κ3) is 3.86. The molecule has 1 aliphatic rings. The van der Waals surface area contributed by atoms with Crippen LogP contribution in [0.4, 0.5) is 0 Å². The number of hydrogen-bond acceptors (Lipinski definition) is 4. The summed E-state index contributed by atoms with van der Waals surface area (Å²) in [5.41, 5.74) is 4.50. The number of rotatable bonds is 6. The Bertz CT molecular complexity index is 778. The van der Waals surface area contributed by atoms with Crippen molar-refractivity contribution in [3.8, 4) is 0 Å². The first-order valence-corrected chi connectivity index (χ1v) is 8.88. The van der Waals surface area contributed by atoms with E-state index in [9.17, 15) is 4.79 Å². The molecule has 2 N–H and O–H groups in total. The minimum atomic E-state index is -0.0279. The van der Waals surface area contributed by atoms with Gasteiger partial charge < -0.3 is 10.0 Å². The molecule has 0 spiro atoms. The first-order chi connectivity index (χ1) is 12.0. The molecule has 1 atom stereocenters. The van der Waals surface area contributed by atoms with Crippen LogP contribution in [0.3, 0.4) is 0 Å². The summed E-state index contributed by atoms with van der Waals surface area (Å²) in [7, 11) is 4.19. The normalized spacial score (nSPS) is 16.2. The van der Waals surface area contributed by atoms with Gasteiger partial charge in [0.1, 0.15) is 0 Å². The molecule has 0 fully saturated rings. The number of nitrogens with zero attached hydrogens (tertiary/aromatic N) is 3.